The maximum absolute atomic E-state index is 11.7. The first kappa shape index (κ1) is 18.4. The van der Waals surface area contributed by atoms with Crippen LogP contribution in [-0.2, 0) is 14.3 Å². The molecular weight excluding hydrogens is 244 g/mol. The highest BCUT2D eigenvalue weighted by Gasteiger charge is 2.19. The second-order valence-electron chi connectivity index (χ2n) is 5.07. The fourth-order valence-electron chi connectivity index (χ4n) is 1.97. The highest BCUT2D eigenvalue weighted by molar-refractivity contribution is 5.75. The zero-order chi connectivity index (χ0) is 14.7. The van der Waals surface area contributed by atoms with E-state index in [0.29, 0.717) is 12.5 Å². The summed E-state index contributed by atoms with van der Waals surface area (Å²) in [7, 11) is 3.51. The summed E-state index contributed by atoms with van der Waals surface area (Å²) in [6, 6.07) is -0.225. The normalized spacial score (nSPS) is 13.0. The van der Waals surface area contributed by atoms with E-state index >= 15 is 0 Å². The van der Waals surface area contributed by atoms with Crippen LogP contribution in [0.1, 0.15) is 27.2 Å². The minimum absolute atomic E-state index is 0.166. The van der Waals surface area contributed by atoms with Crippen molar-refractivity contribution in [2.75, 3.05) is 47.0 Å². The van der Waals surface area contributed by atoms with E-state index in [2.05, 4.69) is 24.1 Å². The third-order valence-electron chi connectivity index (χ3n) is 2.89. The first-order chi connectivity index (χ1) is 9.04. The summed E-state index contributed by atoms with van der Waals surface area (Å²) in [5.41, 5.74) is 0. The molecule has 114 valence electrons. The smallest absolute Gasteiger partial charge is 0.323 e. The van der Waals surface area contributed by atoms with Crippen molar-refractivity contribution in [2.24, 2.45) is 5.92 Å². The van der Waals surface area contributed by atoms with Crippen molar-refractivity contribution in [1.82, 2.24) is 10.2 Å². The number of nitrogens with one attached hydrogen (secondary N) is 1. The van der Waals surface area contributed by atoms with Crippen molar-refractivity contribution in [3.8, 4) is 0 Å². The van der Waals surface area contributed by atoms with Gasteiger partial charge in [-0.2, -0.15) is 0 Å². The number of hydrogen-bond acceptors (Lipinski definition) is 5. The molecule has 1 N–H and O–H groups in total. The van der Waals surface area contributed by atoms with E-state index < -0.39 is 0 Å². The van der Waals surface area contributed by atoms with Crippen molar-refractivity contribution in [2.45, 2.75) is 33.2 Å². The van der Waals surface area contributed by atoms with Gasteiger partial charge in [-0.1, -0.05) is 13.8 Å². The molecule has 5 nitrogen and oxygen atoms in total. The van der Waals surface area contributed by atoms with Gasteiger partial charge in [-0.05, 0) is 26.3 Å². The maximum Gasteiger partial charge on any atom is 0.323 e. The van der Waals surface area contributed by atoms with E-state index in [0.717, 1.165) is 32.7 Å². The number of methoxy groups -OCH3 is 1. The number of ether oxygens (including phenoxy) is 2. The number of nitrogens with zero attached hydrogens (tertiary/aromatic N) is 1. The van der Waals surface area contributed by atoms with Gasteiger partial charge in [0.05, 0.1) is 13.2 Å². The molecule has 0 rings (SSSR count). The highest BCUT2D eigenvalue weighted by atomic mass is 16.5. The van der Waals surface area contributed by atoms with Gasteiger partial charge in [0.2, 0.25) is 0 Å². The lowest BCUT2D eigenvalue weighted by Crippen LogP contribution is -2.40. The molecule has 0 heterocycles. The monoisotopic (exact) mass is 274 g/mol. The Morgan fingerprint density at radius 1 is 1.32 bits per heavy atom. The summed E-state index contributed by atoms with van der Waals surface area (Å²) in [5.74, 6) is 0.439. The summed E-state index contributed by atoms with van der Waals surface area (Å²) in [4.78, 5) is 14.0. The standard InChI is InChI=1S/C14H30N2O3/c1-6-19-14(17)13(15-4)7-8-16(9-10-18-5)11-12(2)3/h12-13,15H,6-11H2,1-5H3. The molecular formula is C14H30N2O3. The van der Waals surface area contributed by atoms with Crippen molar-refractivity contribution in [3.05, 3.63) is 0 Å². The van der Waals surface area contributed by atoms with E-state index in [9.17, 15) is 4.79 Å². The first-order valence-electron chi connectivity index (χ1n) is 7.10. The molecule has 0 aromatic heterocycles. The van der Waals surface area contributed by atoms with Crippen molar-refractivity contribution in [1.29, 1.82) is 0 Å². The highest BCUT2D eigenvalue weighted by Crippen LogP contribution is 2.03. The fraction of sp³-hybridized carbons (Fsp3) is 0.929. The number of likely N-dealkylation sites (N-methyl/N-ethyl adjacent to an activating group) is 1. The van der Waals surface area contributed by atoms with E-state index in [4.69, 9.17) is 9.47 Å². The molecule has 19 heavy (non-hydrogen) atoms. The molecule has 1 unspecified atom stereocenters. The van der Waals surface area contributed by atoms with Crippen LogP contribution in [0.5, 0.6) is 0 Å². The van der Waals surface area contributed by atoms with Gasteiger partial charge in [0.1, 0.15) is 6.04 Å². The van der Waals surface area contributed by atoms with E-state index in [1.807, 2.05) is 6.92 Å². The predicted molar refractivity (Wildman–Crippen MR) is 77.3 cm³/mol. The molecule has 0 aliphatic heterocycles. The molecule has 1 atom stereocenters. The Morgan fingerprint density at radius 3 is 2.47 bits per heavy atom. The van der Waals surface area contributed by atoms with E-state index in [-0.39, 0.29) is 12.0 Å². The van der Waals surface area contributed by atoms with E-state index in [1.165, 1.54) is 0 Å². The number of carbonyl (C=O) groups is 1. The Balaban J connectivity index is 4.20. The molecule has 0 aliphatic carbocycles. The quantitative estimate of drug-likeness (QED) is 0.572. The van der Waals surface area contributed by atoms with Gasteiger partial charge in [0.15, 0.2) is 0 Å². The summed E-state index contributed by atoms with van der Waals surface area (Å²) >= 11 is 0. The minimum atomic E-state index is -0.225. The van der Waals surface area contributed by atoms with Crippen LogP contribution >= 0.6 is 0 Å². The molecule has 0 spiro atoms. The van der Waals surface area contributed by atoms with Gasteiger partial charge in [-0.25, -0.2) is 0 Å². The molecule has 0 saturated carbocycles. The Hall–Kier alpha value is -0.650. The predicted octanol–water partition coefficient (Wildman–Crippen LogP) is 1.13. The zero-order valence-corrected chi connectivity index (χ0v) is 13.1. The third-order valence-corrected chi connectivity index (χ3v) is 2.89. The Labute approximate surface area is 117 Å². The van der Waals surface area contributed by atoms with Crippen LogP contribution in [0.2, 0.25) is 0 Å². The minimum Gasteiger partial charge on any atom is -0.465 e. The van der Waals surface area contributed by atoms with Crippen LogP contribution in [0.3, 0.4) is 0 Å². The zero-order valence-electron chi connectivity index (χ0n) is 13.1. The summed E-state index contributed by atoms with van der Waals surface area (Å²) in [6.45, 7) is 10.1. The lowest BCUT2D eigenvalue weighted by Gasteiger charge is -2.25. The largest absolute Gasteiger partial charge is 0.465 e. The lowest BCUT2D eigenvalue weighted by molar-refractivity contribution is -0.145. The Morgan fingerprint density at radius 2 is 2.00 bits per heavy atom. The van der Waals surface area contributed by atoms with Crippen molar-refractivity contribution >= 4 is 5.97 Å². The molecule has 0 bridgehead atoms. The maximum atomic E-state index is 11.7. The Bertz CT molecular complexity index is 235. The molecule has 0 amide bonds. The number of carbonyl (C=O) groups excluding carboxylic acids is 1. The average molecular weight is 274 g/mol. The second-order valence-corrected chi connectivity index (χ2v) is 5.07. The van der Waals surface area contributed by atoms with Crippen LogP contribution in [0.4, 0.5) is 0 Å². The van der Waals surface area contributed by atoms with Crippen LogP contribution in [0.15, 0.2) is 0 Å². The fourth-order valence-corrected chi connectivity index (χ4v) is 1.97. The van der Waals surface area contributed by atoms with Crippen molar-refractivity contribution < 1.29 is 14.3 Å². The first-order valence-corrected chi connectivity index (χ1v) is 7.10. The Kier molecular flexibility index (Phi) is 10.8. The van der Waals surface area contributed by atoms with Gasteiger partial charge in [0, 0.05) is 26.7 Å². The van der Waals surface area contributed by atoms with Gasteiger partial charge >= 0.3 is 5.97 Å². The van der Waals surface area contributed by atoms with Crippen LogP contribution < -0.4 is 5.32 Å². The summed E-state index contributed by atoms with van der Waals surface area (Å²) < 4.78 is 10.2. The molecule has 0 fully saturated rings. The molecule has 0 radical (unpaired) electrons. The second kappa shape index (κ2) is 11.2. The van der Waals surface area contributed by atoms with Crippen molar-refractivity contribution in [3.63, 3.8) is 0 Å². The van der Waals surface area contributed by atoms with Gasteiger partial charge in [0.25, 0.3) is 0 Å². The van der Waals surface area contributed by atoms with E-state index in [1.54, 1.807) is 14.2 Å². The topological polar surface area (TPSA) is 50.8 Å². The third kappa shape index (κ3) is 8.97. The van der Waals surface area contributed by atoms with Gasteiger partial charge in [-0.15, -0.1) is 0 Å². The number of esters is 1. The molecule has 5 heteroatoms. The van der Waals surface area contributed by atoms with Gasteiger partial charge in [-0.3, -0.25) is 4.79 Å². The number of hydrogen-bond donors (Lipinski definition) is 1. The van der Waals surface area contributed by atoms with Crippen LogP contribution in [-0.4, -0.2) is 63.9 Å². The SMILES string of the molecule is CCOC(=O)C(CCN(CCOC)CC(C)C)NC. The summed E-state index contributed by atoms with van der Waals surface area (Å²) in [5, 5.41) is 3.02. The average Bonchev–Trinajstić information content (AvgIpc) is 2.36. The molecule has 0 aliphatic rings. The van der Waals surface area contributed by atoms with Crippen LogP contribution in [0.25, 0.3) is 0 Å². The van der Waals surface area contributed by atoms with Gasteiger partial charge < -0.3 is 19.7 Å². The van der Waals surface area contributed by atoms with Crippen LogP contribution in [0, 0.1) is 5.92 Å². The molecule has 0 aromatic rings. The molecule has 0 aromatic carbocycles. The summed E-state index contributed by atoms with van der Waals surface area (Å²) in [6.07, 6.45) is 0.756. The number of rotatable bonds is 11. The molecule has 0 saturated heterocycles. The lowest BCUT2D eigenvalue weighted by atomic mass is 10.1.